The Hall–Kier alpha value is -0.210. The fraction of sp³-hybridized carbons (Fsp3) is 1.00. The summed E-state index contributed by atoms with van der Waals surface area (Å²) < 4.78 is 35.3. The van der Waals surface area contributed by atoms with Gasteiger partial charge in [0.2, 0.25) is 10.0 Å². The van der Waals surface area contributed by atoms with Gasteiger partial charge < -0.3 is 14.6 Å². The lowest BCUT2D eigenvalue weighted by Gasteiger charge is -2.27. The van der Waals surface area contributed by atoms with Crippen LogP contribution in [-0.2, 0) is 19.5 Å². The molecule has 0 aliphatic heterocycles. The Balaban J connectivity index is 4.64. The molecule has 1 atom stereocenters. The van der Waals surface area contributed by atoms with Crippen LogP contribution < -0.4 is 0 Å². The molecule has 0 bridgehead atoms. The summed E-state index contributed by atoms with van der Waals surface area (Å²) in [6.07, 6.45) is 0.242. The van der Waals surface area contributed by atoms with Crippen LogP contribution in [-0.4, -0.2) is 70.2 Å². The summed E-state index contributed by atoms with van der Waals surface area (Å²) in [5.41, 5.74) is 0. The van der Waals surface area contributed by atoms with Crippen molar-refractivity contribution in [2.45, 2.75) is 19.4 Å². The summed E-state index contributed by atoms with van der Waals surface area (Å²) in [5.74, 6) is -0.0543. The molecular weight excluding hydrogens is 246 g/mol. The van der Waals surface area contributed by atoms with Crippen molar-refractivity contribution in [3.05, 3.63) is 0 Å². The molecule has 1 unspecified atom stereocenters. The predicted molar refractivity (Wildman–Crippen MR) is 65.4 cm³/mol. The first-order valence-electron chi connectivity index (χ1n) is 5.57. The van der Waals surface area contributed by atoms with Crippen LogP contribution >= 0.6 is 0 Å². The van der Waals surface area contributed by atoms with Crippen molar-refractivity contribution in [1.29, 1.82) is 0 Å². The van der Waals surface area contributed by atoms with Crippen LogP contribution in [0.1, 0.15) is 13.3 Å². The molecule has 0 saturated carbocycles. The number of nitrogens with zero attached hydrogens (tertiary/aromatic N) is 1. The van der Waals surface area contributed by atoms with Crippen LogP contribution in [0.3, 0.4) is 0 Å². The molecule has 0 amide bonds. The van der Waals surface area contributed by atoms with Gasteiger partial charge in [-0.05, 0) is 13.3 Å². The van der Waals surface area contributed by atoms with E-state index in [0.29, 0.717) is 19.8 Å². The molecule has 0 aromatic carbocycles. The monoisotopic (exact) mass is 269 g/mol. The number of methoxy groups -OCH3 is 2. The van der Waals surface area contributed by atoms with E-state index in [9.17, 15) is 8.42 Å². The smallest absolute Gasteiger partial charge is 0.214 e. The summed E-state index contributed by atoms with van der Waals surface area (Å²) >= 11 is 0. The molecule has 0 radical (unpaired) electrons. The Morgan fingerprint density at radius 3 is 2.41 bits per heavy atom. The van der Waals surface area contributed by atoms with E-state index < -0.39 is 10.0 Å². The Kier molecular flexibility index (Phi) is 8.71. The molecule has 0 heterocycles. The Morgan fingerprint density at radius 1 is 1.29 bits per heavy atom. The maximum atomic E-state index is 12.0. The number of hydrogen-bond donors (Lipinski definition) is 1. The van der Waals surface area contributed by atoms with Gasteiger partial charge in [0, 0.05) is 33.4 Å². The van der Waals surface area contributed by atoms with Crippen molar-refractivity contribution in [2.24, 2.45) is 0 Å². The number of ether oxygens (including phenoxy) is 2. The third-order valence-electron chi connectivity index (χ3n) is 2.33. The average molecular weight is 269 g/mol. The van der Waals surface area contributed by atoms with Gasteiger partial charge in [-0.2, -0.15) is 4.31 Å². The summed E-state index contributed by atoms with van der Waals surface area (Å²) in [5, 5.41) is 8.70. The fourth-order valence-electron chi connectivity index (χ4n) is 1.50. The third-order valence-corrected chi connectivity index (χ3v) is 4.39. The van der Waals surface area contributed by atoms with Crippen molar-refractivity contribution < 1.29 is 23.0 Å². The van der Waals surface area contributed by atoms with E-state index in [1.807, 2.05) is 0 Å². The van der Waals surface area contributed by atoms with Crippen molar-refractivity contribution in [3.8, 4) is 0 Å². The highest BCUT2D eigenvalue weighted by Gasteiger charge is 2.26. The van der Waals surface area contributed by atoms with Crippen molar-refractivity contribution >= 4 is 10.0 Å². The largest absolute Gasteiger partial charge is 0.396 e. The van der Waals surface area contributed by atoms with Gasteiger partial charge in [0.1, 0.15) is 0 Å². The Bertz CT molecular complexity index is 280. The van der Waals surface area contributed by atoms with Crippen LogP contribution in [0.4, 0.5) is 0 Å². The highest BCUT2D eigenvalue weighted by atomic mass is 32.2. The van der Waals surface area contributed by atoms with Gasteiger partial charge in [0.25, 0.3) is 0 Å². The first-order chi connectivity index (χ1) is 7.99. The molecule has 0 aromatic heterocycles. The molecule has 0 saturated heterocycles. The molecule has 7 heteroatoms. The van der Waals surface area contributed by atoms with Crippen LogP contribution in [0, 0.1) is 0 Å². The molecule has 0 aromatic rings. The Labute approximate surface area is 104 Å². The lowest BCUT2D eigenvalue weighted by atomic mass is 10.3. The zero-order valence-corrected chi connectivity index (χ0v) is 11.6. The maximum absolute atomic E-state index is 12.0. The molecular formula is C10H23NO5S. The number of aliphatic hydroxyl groups is 1. The van der Waals surface area contributed by atoms with Gasteiger partial charge in [-0.15, -0.1) is 0 Å². The summed E-state index contributed by atoms with van der Waals surface area (Å²) in [7, 11) is -0.304. The first kappa shape index (κ1) is 16.8. The number of hydrogen-bond acceptors (Lipinski definition) is 5. The second-order valence-corrected chi connectivity index (χ2v) is 5.84. The highest BCUT2D eigenvalue weighted by molar-refractivity contribution is 7.89. The van der Waals surface area contributed by atoms with Crippen LogP contribution in [0.15, 0.2) is 0 Å². The third kappa shape index (κ3) is 6.32. The molecule has 1 N–H and O–H groups in total. The lowest BCUT2D eigenvalue weighted by Crippen LogP contribution is -2.44. The van der Waals surface area contributed by atoms with Crippen LogP contribution in [0.25, 0.3) is 0 Å². The zero-order chi connectivity index (χ0) is 13.3. The number of sulfonamides is 1. The normalized spacial score (nSPS) is 14.2. The van der Waals surface area contributed by atoms with Gasteiger partial charge in [-0.25, -0.2) is 8.42 Å². The Morgan fingerprint density at radius 2 is 1.94 bits per heavy atom. The zero-order valence-electron chi connectivity index (χ0n) is 10.8. The van der Waals surface area contributed by atoms with Crippen molar-refractivity contribution in [1.82, 2.24) is 4.31 Å². The second kappa shape index (κ2) is 8.82. The molecule has 6 nitrogen and oxygen atoms in total. The van der Waals surface area contributed by atoms with Gasteiger partial charge in [0.05, 0.1) is 19.0 Å². The van der Waals surface area contributed by atoms with E-state index in [0.717, 1.165) is 0 Å². The minimum absolute atomic E-state index is 0.0543. The van der Waals surface area contributed by atoms with E-state index in [2.05, 4.69) is 0 Å². The molecule has 0 spiro atoms. The summed E-state index contributed by atoms with van der Waals surface area (Å²) in [6, 6.07) is -0.237. The SMILES string of the molecule is COCCN(C(C)COC)S(=O)(=O)CCCO. The van der Waals surface area contributed by atoms with Crippen molar-refractivity contribution in [3.63, 3.8) is 0 Å². The van der Waals surface area contributed by atoms with Crippen molar-refractivity contribution in [2.75, 3.05) is 46.3 Å². The number of aliphatic hydroxyl groups excluding tert-OH is 1. The van der Waals surface area contributed by atoms with E-state index in [1.54, 1.807) is 6.92 Å². The van der Waals surface area contributed by atoms with Crippen LogP contribution in [0.5, 0.6) is 0 Å². The average Bonchev–Trinajstić information content (AvgIpc) is 2.27. The molecule has 0 fully saturated rings. The van der Waals surface area contributed by atoms with E-state index in [-0.39, 0.29) is 24.8 Å². The summed E-state index contributed by atoms with van der Waals surface area (Å²) in [4.78, 5) is 0. The number of rotatable bonds is 10. The van der Waals surface area contributed by atoms with Gasteiger partial charge in [0.15, 0.2) is 0 Å². The first-order valence-corrected chi connectivity index (χ1v) is 7.18. The van der Waals surface area contributed by atoms with Gasteiger partial charge >= 0.3 is 0 Å². The van der Waals surface area contributed by atoms with E-state index >= 15 is 0 Å². The standard InChI is InChI=1S/C10H23NO5S/c1-10(9-16-3)11(5-7-15-2)17(13,14)8-4-6-12/h10,12H,4-9H2,1-3H3. The van der Waals surface area contributed by atoms with Gasteiger partial charge in [-0.3, -0.25) is 0 Å². The van der Waals surface area contributed by atoms with E-state index in [1.165, 1.54) is 18.5 Å². The topological polar surface area (TPSA) is 76.1 Å². The molecule has 0 rings (SSSR count). The molecule has 17 heavy (non-hydrogen) atoms. The maximum Gasteiger partial charge on any atom is 0.214 e. The molecule has 0 aliphatic rings. The van der Waals surface area contributed by atoms with Gasteiger partial charge in [-0.1, -0.05) is 0 Å². The minimum Gasteiger partial charge on any atom is -0.396 e. The van der Waals surface area contributed by atoms with Crippen LogP contribution in [0.2, 0.25) is 0 Å². The molecule has 0 aliphatic carbocycles. The highest BCUT2D eigenvalue weighted by Crippen LogP contribution is 2.09. The molecule has 104 valence electrons. The summed E-state index contributed by atoms with van der Waals surface area (Å²) in [6.45, 7) is 2.63. The predicted octanol–water partition coefficient (Wildman–Crippen LogP) is -0.318. The quantitative estimate of drug-likeness (QED) is 0.588. The second-order valence-electron chi connectivity index (χ2n) is 3.80. The fourth-order valence-corrected chi connectivity index (χ4v) is 3.19. The minimum atomic E-state index is -3.36. The van der Waals surface area contributed by atoms with E-state index in [4.69, 9.17) is 14.6 Å². The lowest BCUT2D eigenvalue weighted by molar-refractivity contribution is 0.119.